The number of nitrogens with one attached hydrogen (secondary N) is 2. The van der Waals surface area contributed by atoms with Gasteiger partial charge in [-0.05, 0) is 38.1 Å². The zero-order valence-electron chi connectivity index (χ0n) is 17.7. The van der Waals surface area contributed by atoms with Gasteiger partial charge in [0.15, 0.2) is 5.96 Å². The minimum atomic E-state index is -2.95. The van der Waals surface area contributed by atoms with Crippen LogP contribution in [0.1, 0.15) is 34.4 Å². The third-order valence-corrected chi connectivity index (χ3v) is 4.04. The molecule has 1 aromatic carbocycles. The Morgan fingerprint density at radius 1 is 1.23 bits per heavy atom. The standard InChI is InChI=1S/C20H25F2N3O5.HI/c1-5-23-20(25-11-15-9-16(12(2)29-15)18(26)28-4)24-10-13-8-14(27-3)6-7-17(13)30-19(21)22;/h6-9,19H,5,10-11H2,1-4H3,(H2,23,24,25);1H. The van der Waals surface area contributed by atoms with Crippen LogP contribution in [0.15, 0.2) is 33.7 Å². The van der Waals surface area contributed by atoms with Gasteiger partial charge in [0.25, 0.3) is 0 Å². The average Bonchev–Trinajstić information content (AvgIpc) is 3.10. The molecule has 2 N–H and O–H groups in total. The average molecular weight is 553 g/mol. The van der Waals surface area contributed by atoms with Crippen molar-refractivity contribution in [2.75, 3.05) is 20.8 Å². The normalized spacial score (nSPS) is 11.0. The molecule has 2 aromatic rings. The van der Waals surface area contributed by atoms with Crippen molar-refractivity contribution in [3.63, 3.8) is 0 Å². The van der Waals surface area contributed by atoms with Gasteiger partial charge in [0, 0.05) is 12.1 Å². The molecule has 0 saturated heterocycles. The molecule has 0 saturated carbocycles. The Labute approximate surface area is 196 Å². The molecule has 31 heavy (non-hydrogen) atoms. The van der Waals surface area contributed by atoms with Gasteiger partial charge in [-0.1, -0.05) is 0 Å². The fourth-order valence-electron chi connectivity index (χ4n) is 2.64. The molecule has 0 aliphatic rings. The number of rotatable bonds is 9. The van der Waals surface area contributed by atoms with Crippen molar-refractivity contribution in [3.05, 3.63) is 46.9 Å². The predicted octanol–water partition coefficient (Wildman–Crippen LogP) is 3.86. The molecule has 0 spiro atoms. The van der Waals surface area contributed by atoms with Gasteiger partial charge >= 0.3 is 12.6 Å². The highest BCUT2D eigenvalue weighted by atomic mass is 127. The number of methoxy groups -OCH3 is 2. The van der Waals surface area contributed by atoms with Crippen molar-refractivity contribution in [3.8, 4) is 11.5 Å². The first-order chi connectivity index (χ1) is 14.4. The molecule has 0 bridgehead atoms. The molecule has 0 amide bonds. The quantitative estimate of drug-likeness (QED) is 0.211. The molecule has 0 atom stereocenters. The van der Waals surface area contributed by atoms with Crippen molar-refractivity contribution < 1.29 is 32.2 Å². The molecular formula is C20H26F2IN3O5. The van der Waals surface area contributed by atoms with E-state index in [-0.39, 0.29) is 42.8 Å². The Balaban J connectivity index is 0.00000480. The molecule has 0 fully saturated rings. The summed E-state index contributed by atoms with van der Waals surface area (Å²) in [5.74, 6) is 1.44. The van der Waals surface area contributed by atoms with Crippen LogP contribution in [0.3, 0.4) is 0 Å². The summed E-state index contributed by atoms with van der Waals surface area (Å²) in [5.41, 5.74) is 0.787. The summed E-state index contributed by atoms with van der Waals surface area (Å²) in [6, 6.07) is 6.13. The lowest BCUT2D eigenvalue weighted by Crippen LogP contribution is -2.36. The highest BCUT2D eigenvalue weighted by molar-refractivity contribution is 14.0. The number of carbonyl (C=O) groups excluding carboxylic acids is 1. The Morgan fingerprint density at radius 3 is 2.58 bits per heavy atom. The van der Waals surface area contributed by atoms with E-state index in [0.717, 1.165) is 0 Å². The van der Waals surface area contributed by atoms with E-state index in [1.165, 1.54) is 26.4 Å². The number of halogens is 3. The summed E-state index contributed by atoms with van der Waals surface area (Å²) in [6.07, 6.45) is 0. The molecule has 0 aliphatic carbocycles. The van der Waals surface area contributed by atoms with E-state index in [1.54, 1.807) is 19.1 Å². The van der Waals surface area contributed by atoms with E-state index >= 15 is 0 Å². The lowest BCUT2D eigenvalue weighted by molar-refractivity contribution is -0.0504. The highest BCUT2D eigenvalue weighted by Gasteiger charge is 2.16. The minimum Gasteiger partial charge on any atom is -0.497 e. The zero-order valence-corrected chi connectivity index (χ0v) is 20.0. The van der Waals surface area contributed by atoms with Crippen molar-refractivity contribution in [2.45, 2.75) is 33.5 Å². The molecule has 8 nitrogen and oxygen atoms in total. The summed E-state index contributed by atoms with van der Waals surface area (Å²) >= 11 is 0. The van der Waals surface area contributed by atoms with Gasteiger partial charge in [-0.25, -0.2) is 9.79 Å². The molecule has 0 radical (unpaired) electrons. The second kappa shape index (κ2) is 13.0. The van der Waals surface area contributed by atoms with E-state index in [2.05, 4.69) is 20.4 Å². The fourth-order valence-corrected chi connectivity index (χ4v) is 2.64. The third-order valence-electron chi connectivity index (χ3n) is 4.04. The van der Waals surface area contributed by atoms with Gasteiger partial charge in [-0.2, -0.15) is 8.78 Å². The summed E-state index contributed by atoms with van der Waals surface area (Å²) in [5, 5.41) is 6.12. The Hall–Kier alpha value is -2.57. The number of ether oxygens (including phenoxy) is 3. The summed E-state index contributed by atoms with van der Waals surface area (Å²) < 4.78 is 45.3. The lowest BCUT2D eigenvalue weighted by Gasteiger charge is -2.13. The van der Waals surface area contributed by atoms with Crippen molar-refractivity contribution >= 4 is 35.9 Å². The first-order valence-corrected chi connectivity index (χ1v) is 9.19. The molecule has 0 unspecified atom stereocenters. The van der Waals surface area contributed by atoms with Gasteiger partial charge < -0.3 is 29.3 Å². The monoisotopic (exact) mass is 553 g/mol. The topological polar surface area (TPSA) is 94.3 Å². The molecular weight excluding hydrogens is 527 g/mol. The summed E-state index contributed by atoms with van der Waals surface area (Å²) in [4.78, 5) is 16.1. The maximum absolute atomic E-state index is 12.7. The number of nitrogens with zero attached hydrogens (tertiary/aromatic N) is 1. The minimum absolute atomic E-state index is 0. The van der Waals surface area contributed by atoms with Crippen molar-refractivity contribution in [1.82, 2.24) is 10.6 Å². The number of alkyl halides is 2. The smallest absolute Gasteiger partial charge is 0.387 e. The third kappa shape index (κ3) is 7.89. The summed E-state index contributed by atoms with van der Waals surface area (Å²) in [6.45, 7) is 1.51. The van der Waals surface area contributed by atoms with Gasteiger partial charge in [0.1, 0.15) is 28.6 Å². The first-order valence-electron chi connectivity index (χ1n) is 9.19. The Morgan fingerprint density at radius 2 is 1.97 bits per heavy atom. The second-order valence-corrected chi connectivity index (χ2v) is 6.08. The molecule has 2 rings (SSSR count). The fraction of sp³-hybridized carbons (Fsp3) is 0.400. The van der Waals surface area contributed by atoms with Crippen LogP contribution in [0, 0.1) is 6.92 Å². The number of furan rings is 1. The van der Waals surface area contributed by atoms with E-state index in [1.807, 2.05) is 6.92 Å². The number of benzene rings is 1. The first kappa shape index (κ1) is 26.5. The Kier molecular flexibility index (Phi) is 11.1. The van der Waals surface area contributed by atoms with Crippen LogP contribution in [-0.2, 0) is 17.8 Å². The van der Waals surface area contributed by atoms with Crippen molar-refractivity contribution in [1.29, 1.82) is 0 Å². The maximum atomic E-state index is 12.7. The predicted molar refractivity (Wildman–Crippen MR) is 121 cm³/mol. The van der Waals surface area contributed by atoms with Crippen LogP contribution in [0.2, 0.25) is 0 Å². The van der Waals surface area contributed by atoms with E-state index < -0.39 is 12.6 Å². The van der Waals surface area contributed by atoms with Gasteiger partial charge in [-0.15, -0.1) is 24.0 Å². The van der Waals surface area contributed by atoms with Crippen molar-refractivity contribution in [2.24, 2.45) is 4.99 Å². The Bertz CT molecular complexity index is 890. The number of aliphatic imine (C=N–C) groups is 1. The van der Waals surface area contributed by atoms with Gasteiger partial charge in [0.05, 0.1) is 27.3 Å². The second-order valence-electron chi connectivity index (χ2n) is 6.08. The van der Waals surface area contributed by atoms with E-state index in [0.29, 0.717) is 40.9 Å². The molecule has 1 aromatic heterocycles. The molecule has 0 aliphatic heterocycles. The molecule has 1 heterocycles. The molecule has 172 valence electrons. The van der Waals surface area contributed by atoms with Crippen LogP contribution >= 0.6 is 24.0 Å². The maximum Gasteiger partial charge on any atom is 0.387 e. The van der Waals surface area contributed by atoms with E-state index in [9.17, 15) is 13.6 Å². The number of hydrogen-bond donors (Lipinski definition) is 2. The van der Waals surface area contributed by atoms with E-state index in [4.69, 9.17) is 13.9 Å². The van der Waals surface area contributed by atoms with Gasteiger partial charge in [-0.3, -0.25) is 0 Å². The van der Waals surface area contributed by atoms with Crippen LogP contribution in [0.5, 0.6) is 11.5 Å². The van der Waals surface area contributed by atoms with Crippen LogP contribution < -0.4 is 20.1 Å². The summed E-state index contributed by atoms with van der Waals surface area (Å²) in [7, 11) is 2.78. The molecule has 11 heteroatoms. The van der Waals surface area contributed by atoms with Gasteiger partial charge in [0.2, 0.25) is 0 Å². The van der Waals surface area contributed by atoms with Crippen LogP contribution in [0.4, 0.5) is 8.78 Å². The zero-order chi connectivity index (χ0) is 22.1. The number of esters is 1. The lowest BCUT2D eigenvalue weighted by atomic mass is 10.2. The highest BCUT2D eigenvalue weighted by Crippen LogP contribution is 2.26. The SMILES string of the molecule is CCNC(=NCc1cc(OC)ccc1OC(F)F)NCc1cc(C(=O)OC)c(C)o1.I. The number of hydrogen-bond acceptors (Lipinski definition) is 6. The van der Waals surface area contributed by atoms with Crippen LogP contribution in [0.25, 0.3) is 0 Å². The van der Waals surface area contributed by atoms with Crippen LogP contribution in [-0.4, -0.2) is 39.3 Å². The number of aryl methyl sites for hydroxylation is 1. The largest absolute Gasteiger partial charge is 0.497 e. The number of carbonyl (C=O) groups is 1. The number of guanidine groups is 1.